The molecule has 2 rings (SSSR count). The lowest BCUT2D eigenvalue weighted by Gasteiger charge is -2.20. The van der Waals surface area contributed by atoms with Crippen molar-refractivity contribution < 1.29 is 32.6 Å². The Bertz CT molecular complexity index is 615. The molecule has 1 N–H and O–H groups in total. The zero-order valence-electron chi connectivity index (χ0n) is 13.1. The van der Waals surface area contributed by atoms with Crippen LogP contribution in [-0.4, -0.2) is 41.3 Å². The van der Waals surface area contributed by atoms with Crippen LogP contribution in [0.1, 0.15) is 25.3 Å². The van der Waals surface area contributed by atoms with Crippen molar-refractivity contribution >= 4 is 11.9 Å². The van der Waals surface area contributed by atoms with Gasteiger partial charge in [-0.25, -0.2) is 0 Å². The summed E-state index contributed by atoms with van der Waals surface area (Å²) >= 11 is 0. The third-order valence-corrected chi connectivity index (χ3v) is 4.13. The first-order valence-electron chi connectivity index (χ1n) is 7.45. The molecule has 1 aromatic rings. The molecule has 8 heteroatoms. The second kappa shape index (κ2) is 6.70. The average molecular weight is 345 g/mol. The lowest BCUT2D eigenvalue weighted by Crippen LogP contribution is -2.34. The fraction of sp³-hybridized carbons (Fsp3) is 0.500. The second-order valence-corrected chi connectivity index (χ2v) is 6.12. The number of carbonyl (C=O) groups is 2. The molecule has 1 heterocycles. The van der Waals surface area contributed by atoms with Gasteiger partial charge in [-0.05, 0) is 37.5 Å². The van der Waals surface area contributed by atoms with Gasteiger partial charge in [0, 0.05) is 19.5 Å². The van der Waals surface area contributed by atoms with E-state index in [1.165, 1.54) is 29.2 Å². The summed E-state index contributed by atoms with van der Waals surface area (Å²) < 4.78 is 40.0. The van der Waals surface area contributed by atoms with Gasteiger partial charge in [0.1, 0.15) is 5.75 Å². The van der Waals surface area contributed by atoms with Crippen LogP contribution in [0.3, 0.4) is 0 Å². The van der Waals surface area contributed by atoms with Crippen molar-refractivity contribution in [1.82, 2.24) is 4.90 Å². The van der Waals surface area contributed by atoms with Gasteiger partial charge in [0.25, 0.3) is 0 Å². The number of carbonyl (C=O) groups excluding carboxylic acids is 1. The predicted molar refractivity (Wildman–Crippen MR) is 78.4 cm³/mol. The number of halogens is 3. The Labute approximate surface area is 137 Å². The molecule has 0 spiro atoms. The third-order valence-electron chi connectivity index (χ3n) is 4.13. The first-order chi connectivity index (χ1) is 11.1. The van der Waals surface area contributed by atoms with Crippen molar-refractivity contribution in [2.45, 2.75) is 32.5 Å². The molecule has 5 nitrogen and oxygen atoms in total. The molecule has 0 bridgehead atoms. The van der Waals surface area contributed by atoms with Crippen LogP contribution in [0.5, 0.6) is 5.75 Å². The second-order valence-electron chi connectivity index (χ2n) is 6.12. The van der Waals surface area contributed by atoms with Crippen LogP contribution in [0.4, 0.5) is 13.2 Å². The van der Waals surface area contributed by atoms with Crippen molar-refractivity contribution in [3.05, 3.63) is 29.8 Å². The Hall–Kier alpha value is -2.25. The highest BCUT2D eigenvalue weighted by atomic mass is 19.4. The molecule has 0 saturated carbocycles. The van der Waals surface area contributed by atoms with E-state index in [1.54, 1.807) is 6.92 Å². The molecule has 1 atom stereocenters. The van der Waals surface area contributed by atoms with Gasteiger partial charge >= 0.3 is 12.3 Å². The number of alkyl halides is 3. The highest BCUT2D eigenvalue weighted by Gasteiger charge is 2.41. The molecule has 1 aromatic carbocycles. The number of rotatable bonds is 5. The number of aliphatic carboxylic acids is 1. The summed E-state index contributed by atoms with van der Waals surface area (Å²) in [4.78, 5) is 24.8. The molecular weight excluding hydrogens is 327 g/mol. The quantitative estimate of drug-likeness (QED) is 0.891. The minimum atomic E-state index is -4.73. The van der Waals surface area contributed by atoms with Gasteiger partial charge in [0.05, 0.1) is 5.41 Å². The van der Waals surface area contributed by atoms with Crippen LogP contribution in [-0.2, 0) is 16.0 Å². The Morgan fingerprint density at radius 2 is 1.92 bits per heavy atom. The molecular formula is C16H18F3NO4. The molecule has 0 aliphatic carbocycles. The van der Waals surface area contributed by atoms with Crippen molar-refractivity contribution in [2.24, 2.45) is 5.41 Å². The normalized spacial score (nSPS) is 20.9. The van der Waals surface area contributed by atoms with Crippen LogP contribution in [0, 0.1) is 5.41 Å². The summed E-state index contributed by atoms with van der Waals surface area (Å²) in [6, 6.07) is 5.34. The standard InChI is InChI=1S/C16H18F3NO4/c1-15(14(22)23)8-9-20(10-15)13(21)7-4-11-2-5-12(6-3-11)24-16(17,18)19/h2-3,5-6H,4,7-10H2,1H3,(H,22,23). The number of ether oxygens (including phenoxy) is 1. The van der Waals surface area contributed by atoms with E-state index in [2.05, 4.69) is 4.74 Å². The van der Waals surface area contributed by atoms with Gasteiger partial charge in [-0.1, -0.05) is 12.1 Å². The highest BCUT2D eigenvalue weighted by Crippen LogP contribution is 2.30. The first kappa shape index (κ1) is 18.1. The molecule has 1 unspecified atom stereocenters. The Morgan fingerprint density at radius 3 is 2.42 bits per heavy atom. The van der Waals surface area contributed by atoms with Crippen molar-refractivity contribution in [3.8, 4) is 5.75 Å². The van der Waals surface area contributed by atoms with Crippen LogP contribution in [0.2, 0.25) is 0 Å². The van der Waals surface area contributed by atoms with Crippen molar-refractivity contribution in [3.63, 3.8) is 0 Å². The summed E-state index contributed by atoms with van der Waals surface area (Å²) in [6.07, 6.45) is -3.78. The number of hydrogen-bond acceptors (Lipinski definition) is 3. The van der Waals surface area contributed by atoms with Gasteiger partial charge in [-0.2, -0.15) is 0 Å². The summed E-state index contributed by atoms with van der Waals surface area (Å²) in [5.74, 6) is -1.39. The first-order valence-corrected chi connectivity index (χ1v) is 7.45. The maximum atomic E-state index is 12.1. The zero-order chi connectivity index (χ0) is 18.0. The third kappa shape index (κ3) is 4.62. The summed E-state index contributed by atoms with van der Waals surface area (Å²) in [7, 11) is 0. The smallest absolute Gasteiger partial charge is 0.481 e. The van der Waals surface area contributed by atoms with Crippen LogP contribution >= 0.6 is 0 Å². The lowest BCUT2D eigenvalue weighted by molar-refractivity contribution is -0.274. The Balaban J connectivity index is 1.85. The van der Waals surface area contributed by atoms with E-state index in [0.717, 1.165) is 0 Å². The topological polar surface area (TPSA) is 66.8 Å². The molecule has 1 fully saturated rings. The molecule has 1 aliphatic heterocycles. The van der Waals surface area contributed by atoms with Gasteiger partial charge in [0.15, 0.2) is 0 Å². The molecule has 1 aliphatic rings. The van der Waals surface area contributed by atoms with Gasteiger partial charge in [-0.15, -0.1) is 13.2 Å². The molecule has 1 saturated heterocycles. The average Bonchev–Trinajstić information content (AvgIpc) is 2.89. The SMILES string of the molecule is CC1(C(=O)O)CCN(C(=O)CCc2ccc(OC(F)(F)F)cc2)C1. The number of nitrogens with zero attached hydrogens (tertiary/aromatic N) is 1. The van der Waals surface area contributed by atoms with E-state index in [9.17, 15) is 22.8 Å². The van der Waals surface area contributed by atoms with Crippen LogP contribution in [0.15, 0.2) is 24.3 Å². The fourth-order valence-electron chi connectivity index (χ4n) is 2.62. The maximum absolute atomic E-state index is 12.1. The fourth-order valence-corrected chi connectivity index (χ4v) is 2.62. The number of carboxylic acid groups (broad SMARTS) is 1. The van der Waals surface area contributed by atoms with Gasteiger partial charge in [-0.3, -0.25) is 9.59 Å². The maximum Gasteiger partial charge on any atom is 0.573 e. The van der Waals surface area contributed by atoms with E-state index in [4.69, 9.17) is 5.11 Å². The minimum absolute atomic E-state index is 0.157. The number of benzene rings is 1. The van der Waals surface area contributed by atoms with Crippen molar-refractivity contribution in [2.75, 3.05) is 13.1 Å². The van der Waals surface area contributed by atoms with E-state index in [1.807, 2.05) is 0 Å². The summed E-state index contributed by atoms with van der Waals surface area (Å²) in [5, 5.41) is 9.16. The number of aryl methyl sites for hydroxylation is 1. The molecule has 1 amide bonds. The summed E-state index contributed by atoms with van der Waals surface area (Å²) in [5.41, 5.74) is -0.204. The van der Waals surface area contributed by atoms with Gasteiger partial charge < -0.3 is 14.7 Å². The predicted octanol–water partition coefficient (Wildman–Crippen LogP) is 2.84. The van der Waals surface area contributed by atoms with Crippen LogP contribution in [0.25, 0.3) is 0 Å². The molecule has 24 heavy (non-hydrogen) atoms. The number of likely N-dealkylation sites (tertiary alicyclic amines) is 1. The van der Waals surface area contributed by atoms with E-state index < -0.39 is 17.7 Å². The van der Waals surface area contributed by atoms with E-state index in [0.29, 0.717) is 24.9 Å². The van der Waals surface area contributed by atoms with E-state index >= 15 is 0 Å². The molecule has 0 aromatic heterocycles. The minimum Gasteiger partial charge on any atom is -0.481 e. The summed E-state index contributed by atoms with van der Waals surface area (Å²) in [6.45, 7) is 2.20. The largest absolute Gasteiger partial charge is 0.573 e. The molecule has 132 valence electrons. The Kier molecular flexibility index (Phi) is 5.05. The van der Waals surface area contributed by atoms with Crippen molar-refractivity contribution in [1.29, 1.82) is 0 Å². The molecule has 0 radical (unpaired) electrons. The number of carboxylic acids is 1. The van der Waals surface area contributed by atoms with E-state index in [-0.39, 0.29) is 24.6 Å². The monoisotopic (exact) mass is 345 g/mol. The zero-order valence-corrected chi connectivity index (χ0v) is 13.1. The lowest BCUT2D eigenvalue weighted by atomic mass is 9.90. The number of amides is 1. The Morgan fingerprint density at radius 1 is 1.29 bits per heavy atom. The number of hydrogen-bond donors (Lipinski definition) is 1. The highest BCUT2D eigenvalue weighted by molar-refractivity contribution is 5.80. The van der Waals surface area contributed by atoms with Crippen LogP contribution < -0.4 is 4.74 Å². The van der Waals surface area contributed by atoms with Gasteiger partial charge in [0.2, 0.25) is 5.91 Å².